The number of amides is 1. The first-order chi connectivity index (χ1) is 9.56. The molecule has 0 bridgehead atoms. The highest BCUT2D eigenvalue weighted by Crippen LogP contribution is 2.07. The smallest absolute Gasteiger partial charge is 0.270 e. The van der Waals surface area contributed by atoms with Gasteiger partial charge in [0.1, 0.15) is 5.69 Å². The van der Waals surface area contributed by atoms with E-state index in [4.69, 9.17) is 0 Å². The number of rotatable bonds is 4. The highest BCUT2D eigenvalue weighted by atomic mass is 16.2. The largest absolute Gasteiger partial charge is 0.350 e. The van der Waals surface area contributed by atoms with Crippen LogP contribution in [0.15, 0.2) is 29.5 Å². The lowest BCUT2D eigenvalue weighted by atomic mass is 10.1. The molecule has 0 aromatic carbocycles. The van der Waals surface area contributed by atoms with Crippen LogP contribution in [-0.2, 0) is 6.42 Å². The number of pyridine rings is 1. The van der Waals surface area contributed by atoms with Crippen LogP contribution in [0, 0.1) is 13.8 Å². The molecule has 0 fully saturated rings. The lowest BCUT2D eigenvalue weighted by molar-refractivity contribution is 0.0948. The molecule has 104 valence electrons. The minimum Gasteiger partial charge on any atom is -0.350 e. The van der Waals surface area contributed by atoms with Crippen molar-refractivity contribution in [1.29, 1.82) is 0 Å². The summed E-state index contributed by atoms with van der Waals surface area (Å²) in [7, 11) is 0. The Morgan fingerprint density at radius 1 is 1.30 bits per heavy atom. The van der Waals surface area contributed by atoms with E-state index in [1.165, 1.54) is 12.4 Å². The normalized spacial score (nSPS) is 10.3. The van der Waals surface area contributed by atoms with Crippen LogP contribution < -0.4 is 10.9 Å². The van der Waals surface area contributed by atoms with E-state index in [2.05, 4.69) is 26.3 Å². The zero-order valence-corrected chi connectivity index (χ0v) is 11.4. The number of hydrogen-bond acceptors (Lipinski definition) is 4. The molecule has 6 nitrogen and oxygen atoms in total. The second-order valence-electron chi connectivity index (χ2n) is 4.58. The first kappa shape index (κ1) is 13.9. The molecule has 2 aromatic rings. The summed E-state index contributed by atoms with van der Waals surface area (Å²) < 4.78 is 0. The Morgan fingerprint density at radius 3 is 2.80 bits per heavy atom. The summed E-state index contributed by atoms with van der Waals surface area (Å²) in [6, 6.07) is 3.23. The number of hydrogen-bond donors (Lipinski definition) is 2. The number of H-pyrrole nitrogens is 1. The maximum Gasteiger partial charge on any atom is 0.270 e. The van der Waals surface area contributed by atoms with E-state index in [-0.39, 0.29) is 17.2 Å². The Kier molecular flexibility index (Phi) is 4.24. The predicted molar refractivity (Wildman–Crippen MR) is 74.6 cm³/mol. The molecule has 6 heteroatoms. The molecule has 1 amide bonds. The van der Waals surface area contributed by atoms with Crippen LogP contribution in [-0.4, -0.2) is 27.4 Å². The molecule has 0 saturated heterocycles. The van der Waals surface area contributed by atoms with E-state index >= 15 is 0 Å². The van der Waals surface area contributed by atoms with Crippen LogP contribution in [0.3, 0.4) is 0 Å². The van der Waals surface area contributed by atoms with Crippen molar-refractivity contribution >= 4 is 5.91 Å². The summed E-state index contributed by atoms with van der Waals surface area (Å²) in [5.74, 6) is -0.360. The Labute approximate surface area is 116 Å². The number of carbonyl (C=O) groups excluding carboxylic acids is 1. The minimum atomic E-state index is -0.360. The first-order valence-corrected chi connectivity index (χ1v) is 6.31. The molecule has 0 radical (unpaired) electrons. The molecule has 0 unspecified atom stereocenters. The molecule has 2 N–H and O–H groups in total. The van der Waals surface area contributed by atoms with Gasteiger partial charge in [0.25, 0.3) is 11.5 Å². The number of nitrogens with one attached hydrogen (secondary N) is 2. The first-order valence-electron chi connectivity index (χ1n) is 6.31. The molecular formula is C14H16N4O2. The summed E-state index contributed by atoms with van der Waals surface area (Å²) in [5, 5.41) is 2.72. The third-order valence-corrected chi connectivity index (χ3v) is 2.88. The van der Waals surface area contributed by atoms with E-state index in [1.54, 1.807) is 0 Å². The summed E-state index contributed by atoms with van der Waals surface area (Å²) in [4.78, 5) is 33.4. The number of aryl methyl sites for hydroxylation is 2. The van der Waals surface area contributed by atoms with Gasteiger partial charge >= 0.3 is 0 Å². The lowest BCUT2D eigenvalue weighted by Crippen LogP contribution is -2.28. The van der Waals surface area contributed by atoms with Crippen molar-refractivity contribution in [2.45, 2.75) is 20.3 Å². The molecule has 0 saturated carbocycles. The zero-order chi connectivity index (χ0) is 14.5. The lowest BCUT2D eigenvalue weighted by Gasteiger charge is -2.07. The number of nitrogens with zero attached hydrogens (tertiary/aromatic N) is 2. The van der Waals surface area contributed by atoms with Crippen LogP contribution >= 0.6 is 0 Å². The van der Waals surface area contributed by atoms with Crippen LogP contribution in [0.1, 0.15) is 27.3 Å². The molecule has 20 heavy (non-hydrogen) atoms. The summed E-state index contributed by atoms with van der Waals surface area (Å²) in [6.07, 6.45) is 3.66. The van der Waals surface area contributed by atoms with Crippen molar-refractivity contribution < 1.29 is 4.79 Å². The van der Waals surface area contributed by atoms with Gasteiger partial charge in [-0.3, -0.25) is 14.6 Å². The number of aromatic amines is 1. The molecular weight excluding hydrogens is 256 g/mol. The van der Waals surface area contributed by atoms with Gasteiger partial charge in [-0.2, -0.15) is 0 Å². The molecule has 0 aliphatic heterocycles. The topological polar surface area (TPSA) is 87.7 Å². The van der Waals surface area contributed by atoms with E-state index in [0.717, 1.165) is 16.8 Å². The highest BCUT2D eigenvalue weighted by Gasteiger charge is 2.07. The van der Waals surface area contributed by atoms with E-state index < -0.39 is 0 Å². The Balaban J connectivity index is 1.93. The molecule has 2 heterocycles. The average Bonchev–Trinajstić information content (AvgIpc) is 2.41. The van der Waals surface area contributed by atoms with E-state index in [0.29, 0.717) is 13.0 Å². The third kappa shape index (κ3) is 3.50. The van der Waals surface area contributed by atoms with Crippen molar-refractivity contribution in [3.8, 4) is 0 Å². The van der Waals surface area contributed by atoms with Gasteiger partial charge < -0.3 is 10.3 Å². The van der Waals surface area contributed by atoms with Gasteiger partial charge in [0.2, 0.25) is 0 Å². The zero-order valence-electron chi connectivity index (χ0n) is 11.4. The van der Waals surface area contributed by atoms with Gasteiger partial charge in [0.15, 0.2) is 0 Å². The minimum absolute atomic E-state index is 0.113. The second-order valence-corrected chi connectivity index (χ2v) is 4.58. The van der Waals surface area contributed by atoms with Crippen LogP contribution in [0.25, 0.3) is 0 Å². The fourth-order valence-corrected chi connectivity index (χ4v) is 1.88. The number of aromatic nitrogens is 3. The van der Waals surface area contributed by atoms with Gasteiger partial charge in [-0.25, -0.2) is 4.98 Å². The summed E-state index contributed by atoms with van der Waals surface area (Å²) in [6.45, 7) is 4.43. The fourth-order valence-electron chi connectivity index (χ4n) is 1.88. The third-order valence-electron chi connectivity index (χ3n) is 2.88. The Morgan fingerprint density at radius 2 is 2.10 bits per heavy atom. The van der Waals surface area contributed by atoms with E-state index in [9.17, 15) is 9.59 Å². The molecule has 0 atom stereocenters. The Bertz CT molecular complexity index is 679. The Hall–Kier alpha value is -2.50. The van der Waals surface area contributed by atoms with Crippen LogP contribution in [0.4, 0.5) is 0 Å². The van der Waals surface area contributed by atoms with Gasteiger partial charge in [0.05, 0.1) is 6.33 Å². The molecule has 0 aliphatic rings. The van der Waals surface area contributed by atoms with Crippen molar-refractivity contribution in [3.05, 3.63) is 57.5 Å². The van der Waals surface area contributed by atoms with Crippen molar-refractivity contribution in [1.82, 2.24) is 20.3 Å². The van der Waals surface area contributed by atoms with E-state index in [1.807, 2.05) is 20.0 Å². The quantitative estimate of drug-likeness (QED) is 0.860. The monoisotopic (exact) mass is 272 g/mol. The van der Waals surface area contributed by atoms with Crippen molar-refractivity contribution in [2.24, 2.45) is 0 Å². The highest BCUT2D eigenvalue weighted by molar-refractivity contribution is 5.91. The van der Waals surface area contributed by atoms with Gasteiger partial charge in [-0.1, -0.05) is 6.07 Å². The summed E-state index contributed by atoms with van der Waals surface area (Å²) >= 11 is 0. The van der Waals surface area contributed by atoms with Gasteiger partial charge in [0, 0.05) is 30.9 Å². The maximum absolute atomic E-state index is 11.8. The van der Waals surface area contributed by atoms with Crippen molar-refractivity contribution in [2.75, 3.05) is 6.54 Å². The number of carbonyl (C=O) groups is 1. The fraction of sp³-hybridized carbons (Fsp3) is 0.286. The second kappa shape index (κ2) is 6.10. The van der Waals surface area contributed by atoms with Crippen molar-refractivity contribution in [3.63, 3.8) is 0 Å². The van der Waals surface area contributed by atoms with Gasteiger partial charge in [-0.05, 0) is 25.0 Å². The molecule has 2 rings (SSSR count). The molecule has 2 aromatic heterocycles. The molecule has 0 aliphatic carbocycles. The van der Waals surface area contributed by atoms with Crippen LogP contribution in [0.2, 0.25) is 0 Å². The standard InChI is InChI=1S/C14H16N4O2/c1-9-5-10(2)11(16-7-9)3-4-15-14(20)12-6-13(19)18-8-17-12/h5-8H,3-4H2,1-2H3,(H,15,20)(H,17,18,19). The van der Waals surface area contributed by atoms with Gasteiger partial charge in [-0.15, -0.1) is 0 Å². The predicted octanol–water partition coefficient (Wildman–Crippen LogP) is 0.754. The average molecular weight is 272 g/mol. The van der Waals surface area contributed by atoms with Crippen LogP contribution in [0.5, 0.6) is 0 Å². The SMILES string of the molecule is Cc1cnc(CCNC(=O)c2cc(=O)[nH]cn2)c(C)c1. The summed E-state index contributed by atoms with van der Waals surface area (Å²) in [5.41, 5.74) is 2.94. The maximum atomic E-state index is 11.8. The molecule has 0 spiro atoms.